The van der Waals surface area contributed by atoms with E-state index in [9.17, 15) is 9.59 Å². The normalized spacial score (nSPS) is 26.8. The van der Waals surface area contributed by atoms with E-state index in [1.54, 1.807) is 17.0 Å². The standard InChI is InChI=1S/C17H24N2O5/c1-11-5-6-14(24-11)17(21)19-8-12-4-3-7-23-16(12)13(9-19)18-15(20)10-22-2/h5-6,12-13,16H,3-4,7-10H2,1-2H3,(H,18,20)/t12-,13+,16-/m0/s1. The maximum Gasteiger partial charge on any atom is 0.289 e. The maximum atomic E-state index is 12.7. The van der Waals surface area contributed by atoms with E-state index in [1.165, 1.54) is 7.11 Å². The number of amides is 2. The molecular formula is C17H24N2O5. The summed E-state index contributed by atoms with van der Waals surface area (Å²) in [4.78, 5) is 26.4. The van der Waals surface area contributed by atoms with Crippen molar-refractivity contribution in [2.24, 2.45) is 5.92 Å². The first-order chi connectivity index (χ1) is 11.6. The van der Waals surface area contributed by atoms with Gasteiger partial charge in [0.25, 0.3) is 5.91 Å². The lowest BCUT2D eigenvalue weighted by molar-refractivity contribution is -0.130. The molecule has 132 valence electrons. The van der Waals surface area contributed by atoms with Crippen molar-refractivity contribution in [1.82, 2.24) is 10.2 Å². The van der Waals surface area contributed by atoms with Gasteiger partial charge in [-0.2, -0.15) is 0 Å². The van der Waals surface area contributed by atoms with Crippen LogP contribution in [0.5, 0.6) is 0 Å². The lowest BCUT2D eigenvalue weighted by atomic mass is 9.85. The van der Waals surface area contributed by atoms with Crippen LogP contribution in [0.25, 0.3) is 0 Å². The van der Waals surface area contributed by atoms with Gasteiger partial charge >= 0.3 is 0 Å². The van der Waals surface area contributed by atoms with Gasteiger partial charge in [0.15, 0.2) is 5.76 Å². The van der Waals surface area contributed by atoms with Gasteiger partial charge in [-0.05, 0) is 31.9 Å². The third-order valence-corrected chi connectivity index (χ3v) is 4.62. The molecule has 0 aromatic carbocycles. The van der Waals surface area contributed by atoms with E-state index in [4.69, 9.17) is 13.9 Å². The van der Waals surface area contributed by atoms with Gasteiger partial charge in [-0.1, -0.05) is 0 Å². The number of carbonyl (C=O) groups excluding carboxylic acids is 2. The van der Waals surface area contributed by atoms with Crippen LogP contribution in [0.2, 0.25) is 0 Å². The first-order valence-electron chi connectivity index (χ1n) is 8.34. The third kappa shape index (κ3) is 3.62. The van der Waals surface area contributed by atoms with E-state index in [0.29, 0.717) is 31.2 Å². The number of hydrogen-bond acceptors (Lipinski definition) is 5. The molecule has 0 unspecified atom stereocenters. The van der Waals surface area contributed by atoms with Gasteiger partial charge in [0.05, 0.1) is 12.1 Å². The summed E-state index contributed by atoms with van der Waals surface area (Å²) in [6.07, 6.45) is 1.91. The highest BCUT2D eigenvalue weighted by Crippen LogP contribution is 2.29. The summed E-state index contributed by atoms with van der Waals surface area (Å²) in [6, 6.07) is 3.24. The van der Waals surface area contributed by atoms with Gasteiger partial charge in [-0.3, -0.25) is 9.59 Å². The molecular weight excluding hydrogens is 312 g/mol. The minimum Gasteiger partial charge on any atom is -0.456 e. The Morgan fingerprint density at radius 1 is 1.38 bits per heavy atom. The van der Waals surface area contributed by atoms with Crippen molar-refractivity contribution in [2.45, 2.75) is 31.9 Å². The maximum absolute atomic E-state index is 12.7. The Bertz CT molecular complexity index is 600. The quantitative estimate of drug-likeness (QED) is 0.886. The molecule has 0 aliphatic carbocycles. The summed E-state index contributed by atoms with van der Waals surface area (Å²) in [5.41, 5.74) is 0. The molecule has 0 radical (unpaired) electrons. The number of nitrogens with zero attached hydrogens (tertiary/aromatic N) is 1. The average Bonchev–Trinajstić information content (AvgIpc) is 3.00. The number of likely N-dealkylation sites (tertiary alicyclic amines) is 1. The van der Waals surface area contributed by atoms with E-state index in [1.807, 2.05) is 6.92 Å². The Morgan fingerprint density at radius 2 is 2.21 bits per heavy atom. The zero-order chi connectivity index (χ0) is 17.1. The molecule has 2 aliphatic heterocycles. The molecule has 2 saturated heterocycles. The number of methoxy groups -OCH3 is 1. The number of fused-ring (bicyclic) bond motifs is 1. The van der Waals surface area contributed by atoms with Crippen molar-refractivity contribution in [3.05, 3.63) is 23.7 Å². The predicted molar refractivity (Wildman–Crippen MR) is 85.6 cm³/mol. The fraction of sp³-hybridized carbons (Fsp3) is 0.647. The number of nitrogens with one attached hydrogen (secondary N) is 1. The van der Waals surface area contributed by atoms with E-state index < -0.39 is 0 Å². The number of ether oxygens (including phenoxy) is 2. The molecule has 24 heavy (non-hydrogen) atoms. The molecule has 3 heterocycles. The molecule has 2 aliphatic rings. The first kappa shape index (κ1) is 17.0. The molecule has 3 rings (SSSR count). The molecule has 0 spiro atoms. The number of aryl methyl sites for hydroxylation is 1. The summed E-state index contributed by atoms with van der Waals surface area (Å²) in [5, 5.41) is 2.95. The van der Waals surface area contributed by atoms with E-state index >= 15 is 0 Å². The Kier molecular flexibility index (Phi) is 5.20. The van der Waals surface area contributed by atoms with Crippen LogP contribution in [-0.2, 0) is 14.3 Å². The van der Waals surface area contributed by atoms with Gasteiger partial charge in [0.1, 0.15) is 12.4 Å². The van der Waals surface area contributed by atoms with Crippen LogP contribution in [0.15, 0.2) is 16.5 Å². The van der Waals surface area contributed by atoms with Gasteiger partial charge in [-0.25, -0.2) is 0 Å². The van der Waals surface area contributed by atoms with Gasteiger partial charge < -0.3 is 24.1 Å². The lowest BCUT2D eigenvalue weighted by Gasteiger charge is -2.45. The third-order valence-electron chi connectivity index (χ3n) is 4.62. The summed E-state index contributed by atoms with van der Waals surface area (Å²) >= 11 is 0. The second-order valence-corrected chi connectivity index (χ2v) is 6.47. The topological polar surface area (TPSA) is 81.0 Å². The van der Waals surface area contributed by atoms with Crippen molar-refractivity contribution in [2.75, 3.05) is 33.4 Å². The fourth-order valence-electron chi connectivity index (χ4n) is 3.58. The van der Waals surface area contributed by atoms with Crippen molar-refractivity contribution >= 4 is 11.8 Å². The van der Waals surface area contributed by atoms with Gasteiger partial charge in [0, 0.05) is 32.7 Å². The summed E-state index contributed by atoms with van der Waals surface area (Å²) in [5.74, 6) is 0.931. The Balaban J connectivity index is 1.74. The van der Waals surface area contributed by atoms with Crippen LogP contribution in [0.1, 0.15) is 29.2 Å². The number of furan rings is 1. The zero-order valence-electron chi connectivity index (χ0n) is 14.1. The molecule has 2 fully saturated rings. The molecule has 3 atom stereocenters. The molecule has 7 nitrogen and oxygen atoms in total. The largest absolute Gasteiger partial charge is 0.456 e. The van der Waals surface area contributed by atoms with E-state index in [0.717, 1.165) is 12.8 Å². The minimum atomic E-state index is -0.230. The lowest BCUT2D eigenvalue weighted by Crippen LogP contribution is -2.62. The van der Waals surface area contributed by atoms with E-state index in [2.05, 4.69) is 5.32 Å². The molecule has 2 amide bonds. The predicted octanol–water partition coefficient (Wildman–Crippen LogP) is 0.970. The monoisotopic (exact) mass is 336 g/mol. The number of rotatable bonds is 4. The molecule has 0 bridgehead atoms. The van der Waals surface area contributed by atoms with E-state index in [-0.39, 0.29) is 36.5 Å². The second-order valence-electron chi connectivity index (χ2n) is 6.47. The van der Waals surface area contributed by atoms with Crippen molar-refractivity contribution < 1.29 is 23.5 Å². The number of carbonyl (C=O) groups is 2. The molecule has 7 heteroatoms. The van der Waals surface area contributed by atoms with Gasteiger partial charge in [-0.15, -0.1) is 0 Å². The second kappa shape index (κ2) is 7.36. The molecule has 1 aromatic heterocycles. The van der Waals surface area contributed by atoms with Crippen LogP contribution in [-0.4, -0.2) is 62.3 Å². The van der Waals surface area contributed by atoms with Crippen LogP contribution in [0, 0.1) is 12.8 Å². The molecule has 1 aromatic rings. The summed E-state index contributed by atoms with van der Waals surface area (Å²) in [6.45, 7) is 3.54. The van der Waals surface area contributed by atoms with Crippen LogP contribution in [0.4, 0.5) is 0 Å². The number of hydrogen-bond donors (Lipinski definition) is 1. The highest BCUT2D eigenvalue weighted by atomic mass is 16.5. The highest BCUT2D eigenvalue weighted by Gasteiger charge is 2.41. The SMILES string of the molecule is COCC(=O)N[C@@H]1CN(C(=O)c2ccc(C)o2)C[C@@H]2CCCO[C@@H]21. The Morgan fingerprint density at radius 3 is 2.92 bits per heavy atom. The highest BCUT2D eigenvalue weighted by molar-refractivity contribution is 5.91. The zero-order valence-corrected chi connectivity index (χ0v) is 14.1. The van der Waals surface area contributed by atoms with Crippen LogP contribution < -0.4 is 5.32 Å². The van der Waals surface area contributed by atoms with Crippen molar-refractivity contribution in [3.63, 3.8) is 0 Å². The smallest absolute Gasteiger partial charge is 0.289 e. The summed E-state index contributed by atoms with van der Waals surface area (Å²) in [7, 11) is 1.48. The van der Waals surface area contributed by atoms with Crippen LogP contribution >= 0.6 is 0 Å². The van der Waals surface area contributed by atoms with Crippen LogP contribution in [0.3, 0.4) is 0 Å². The van der Waals surface area contributed by atoms with Gasteiger partial charge in [0.2, 0.25) is 5.91 Å². The minimum absolute atomic E-state index is 0.000782. The molecule has 1 N–H and O–H groups in total. The average molecular weight is 336 g/mol. The van der Waals surface area contributed by atoms with Crippen molar-refractivity contribution in [3.8, 4) is 0 Å². The summed E-state index contributed by atoms with van der Waals surface area (Å²) < 4.78 is 16.2. The fourth-order valence-corrected chi connectivity index (χ4v) is 3.58. The molecule has 0 saturated carbocycles. The van der Waals surface area contributed by atoms with Crippen molar-refractivity contribution in [1.29, 1.82) is 0 Å². The Labute approximate surface area is 141 Å². The Hall–Kier alpha value is -1.86. The first-order valence-corrected chi connectivity index (χ1v) is 8.34. The number of piperidine rings is 1.